The van der Waals surface area contributed by atoms with Crippen LogP contribution in [0.2, 0.25) is 5.02 Å². The number of nitrogens with one attached hydrogen (secondary N) is 1. The topological polar surface area (TPSA) is 94.8 Å². The lowest BCUT2D eigenvalue weighted by molar-refractivity contribution is -0.119. The second-order valence-electron chi connectivity index (χ2n) is 6.45. The average molecular weight is 419 g/mol. The number of carbonyl (C=O) groups is 1. The van der Waals surface area contributed by atoms with Crippen LogP contribution < -0.4 is 5.32 Å². The molecule has 0 unspecified atom stereocenters. The molecule has 28 heavy (non-hydrogen) atoms. The Labute approximate surface area is 171 Å². The Balaban J connectivity index is 1.39. The van der Waals surface area contributed by atoms with E-state index in [0.717, 1.165) is 25.0 Å². The number of ether oxygens (including phenoxy) is 1. The lowest BCUT2D eigenvalue weighted by Crippen LogP contribution is -2.32. The van der Waals surface area contributed by atoms with Gasteiger partial charge in [-0.1, -0.05) is 40.7 Å². The number of amides is 1. The molecule has 0 spiro atoms. The number of fused-ring (bicyclic) bond motifs is 1. The van der Waals surface area contributed by atoms with Gasteiger partial charge in [-0.25, -0.2) is 14.6 Å². The zero-order chi connectivity index (χ0) is 19.3. The molecule has 1 atom stereocenters. The number of benzene rings is 1. The van der Waals surface area contributed by atoms with Crippen LogP contribution in [0.15, 0.2) is 35.6 Å². The summed E-state index contributed by atoms with van der Waals surface area (Å²) in [5.41, 5.74) is 2.26. The highest BCUT2D eigenvalue weighted by Crippen LogP contribution is 2.23. The Hall–Kier alpha value is -2.23. The maximum absolute atomic E-state index is 12.1. The molecule has 0 saturated carbocycles. The first-order valence-electron chi connectivity index (χ1n) is 8.99. The maximum atomic E-state index is 12.1. The number of rotatable bonds is 7. The Morgan fingerprint density at radius 1 is 1.32 bits per heavy atom. The molecular weight excluding hydrogens is 400 g/mol. The fraction of sp³-hybridized carbons (Fsp3) is 0.389. The number of halogens is 1. The molecule has 1 aliphatic heterocycles. The highest BCUT2D eigenvalue weighted by Gasteiger charge is 2.17. The zero-order valence-electron chi connectivity index (χ0n) is 15.0. The van der Waals surface area contributed by atoms with Crippen molar-refractivity contribution in [2.24, 2.45) is 0 Å². The minimum atomic E-state index is -0.0548. The average Bonchev–Trinajstić information content (AvgIpc) is 3.37. The van der Waals surface area contributed by atoms with Gasteiger partial charge < -0.3 is 10.1 Å². The van der Waals surface area contributed by atoms with Gasteiger partial charge in [0, 0.05) is 18.2 Å². The van der Waals surface area contributed by atoms with Crippen molar-refractivity contribution in [2.75, 3.05) is 18.9 Å². The van der Waals surface area contributed by atoms with Gasteiger partial charge in [0.15, 0.2) is 11.2 Å². The fourth-order valence-electron chi connectivity index (χ4n) is 2.96. The molecular formula is C18H19ClN6O2S. The molecule has 1 amide bonds. The van der Waals surface area contributed by atoms with Crippen LogP contribution in [0.25, 0.3) is 11.2 Å². The number of hydrogen-bond donors (Lipinski definition) is 1. The fourth-order valence-corrected chi connectivity index (χ4v) is 3.85. The molecule has 1 aromatic carbocycles. The van der Waals surface area contributed by atoms with Crippen molar-refractivity contribution in [3.05, 3.63) is 41.2 Å². The summed E-state index contributed by atoms with van der Waals surface area (Å²) in [6, 6.07) is 7.54. The van der Waals surface area contributed by atoms with Gasteiger partial charge in [0.05, 0.1) is 18.4 Å². The van der Waals surface area contributed by atoms with Gasteiger partial charge in [-0.15, -0.1) is 5.10 Å². The van der Waals surface area contributed by atoms with Crippen molar-refractivity contribution in [2.45, 2.75) is 30.5 Å². The molecule has 3 aromatic rings. The van der Waals surface area contributed by atoms with Crippen molar-refractivity contribution >= 4 is 40.4 Å². The third kappa shape index (κ3) is 4.60. The van der Waals surface area contributed by atoms with E-state index < -0.39 is 0 Å². The summed E-state index contributed by atoms with van der Waals surface area (Å²) in [6.07, 6.45) is 3.65. The Kier molecular flexibility index (Phi) is 6.04. The largest absolute Gasteiger partial charge is 0.376 e. The monoisotopic (exact) mass is 418 g/mol. The standard InChI is InChI=1S/C18H19ClN6O2S/c19-13-5-3-12(4-6-13)9-25-17-16(23-24-25)18(22-11-21-17)28-10-15(26)20-8-14-2-1-7-27-14/h3-6,11,14H,1-2,7-10H2,(H,20,26)/t14-/m0/s1. The molecule has 0 radical (unpaired) electrons. The number of carbonyl (C=O) groups excluding carboxylic acids is 1. The minimum Gasteiger partial charge on any atom is -0.376 e. The lowest BCUT2D eigenvalue weighted by atomic mass is 10.2. The first-order valence-corrected chi connectivity index (χ1v) is 10.3. The van der Waals surface area contributed by atoms with E-state index in [1.54, 1.807) is 4.68 Å². The summed E-state index contributed by atoms with van der Waals surface area (Å²) < 4.78 is 7.22. The molecule has 4 rings (SSSR count). The van der Waals surface area contributed by atoms with E-state index in [9.17, 15) is 4.79 Å². The molecule has 1 fully saturated rings. The highest BCUT2D eigenvalue weighted by molar-refractivity contribution is 8.00. The van der Waals surface area contributed by atoms with E-state index in [-0.39, 0.29) is 17.8 Å². The van der Waals surface area contributed by atoms with Crippen LogP contribution in [0.5, 0.6) is 0 Å². The Morgan fingerprint density at radius 3 is 2.96 bits per heavy atom. The van der Waals surface area contributed by atoms with Gasteiger partial charge in [-0.05, 0) is 30.5 Å². The van der Waals surface area contributed by atoms with Crippen LogP contribution in [0.3, 0.4) is 0 Å². The van der Waals surface area contributed by atoms with Crippen LogP contribution in [-0.2, 0) is 16.1 Å². The number of aromatic nitrogens is 5. The molecule has 10 heteroatoms. The number of thioether (sulfide) groups is 1. The summed E-state index contributed by atoms with van der Waals surface area (Å²) >= 11 is 7.26. The van der Waals surface area contributed by atoms with Gasteiger partial charge in [0.2, 0.25) is 5.91 Å². The van der Waals surface area contributed by atoms with E-state index in [4.69, 9.17) is 16.3 Å². The number of nitrogens with zero attached hydrogens (tertiary/aromatic N) is 5. The van der Waals surface area contributed by atoms with Crippen LogP contribution in [-0.4, -0.2) is 55.9 Å². The zero-order valence-corrected chi connectivity index (χ0v) is 16.6. The third-order valence-corrected chi connectivity index (χ3v) is 5.63. The smallest absolute Gasteiger partial charge is 0.230 e. The SMILES string of the molecule is O=C(CSc1ncnc2c1nnn2Cc1ccc(Cl)cc1)NC[C@@H]1CCCO1. The van der Waals surface area contributed by atoms with E-state index >= 15 is 0 Å². The predicted octanol–water partition coefficient (Wildman–Crippen LogP) is 2.31. The molecule has 8 nitrogen and oxygen atoms in total. The van der Waals surface area contributed by atoms with E-state index in [0.29, 0.717) is 34.3 Å². The van der Waals surface area contributed by atoms with E-state index in [2.05, 4.69) is 25.6 Å². The van der Waals surface area contributed by atoms with E-state index in [1.807, 2.05) is 24.3 Å². The second-order valence-corrected chi connectivity index (χ2v) is 7.85. The molecule has 1 saturated heterocycles. The molecule has 0 bridgehead atoms. The molecule has 3 heterocycles. The summed E-state index contributed by atoms with van der Waals surface area (Å²) in [6.45, 7) is 1.85. The van der Waals surface area contributed by atoms with Crippen molar-refractivity contribution in [1.82, 2.24) is 30.3 Å². The second kappa shape index (κ2) is 8.85. The molecule has 1 aliphatic rings. The summed E-state index contributed by atoms with van der Waals surface area (Å²) in [5, 5.41) is 12.6. The van der Waals surface area contributed by atoms with Crippen LogP contribution in [0, 0.1) is 0 Å². The predicted molar refractivity (Wildman–Crippen MR) is 106 cm³/mol. The van der Waals surface area contributed by atoms with Gasteiger partial charge in [-0.2, -0.15) is 0 Å². The lowest BCUT2D eigenvalue weighted by Gasteiger charge is -2.10. The Bertz CT molecular complexity index is 958. The first-order chi connectivity index (χ1) is 13.7. The highest BCUT2D eigenvalue weighted by atomic mass is 35.5. The quantitative estimate of drug-likeness (QED) is 0.464. The molecule has 0 aliphatic carbocycles. The molecule has 2 aromatic heterocycles. The first kappa shape index (κ1) is 19.1. The van der Waals surface area contributed by atoms with Crippen LogP contribution >= 0.6 is 23.4 Å². The van der Waals surface area contributed by atoms with Crippen molar-refractivity contribution in [3.8, 4) is 0 Å². The normalized spacial score (nSPS) is 16.5. The summed E-state index contributed by atoms with van der Waals surface area (Å²) in [7, 11) is 0. The summed E-state index contributed by atoms with van der Waals surface area (Å²) in [5.74, 6) is 0.198. The molecule has 1 N–H and O–H groups in total. The van der Waals surface area contributed by atoms with Crippen molar-refractivity contribution in [1.29, 1.82) is 0 Å². The molecule has 146 valence electrons. The van der Waals surface area contributed by atoms with Gasteiger partial charge in [-0.3, -0.25) is 4.79 Å². The van der Waals surface area contributed by atoms with Crippen molar-refractivity contribution < 1.29 is 9.53 Å². The summed E-state index contributed by atoms with van der Waals surface area (Å²) in [4.78, 5) is 20.7. The number of hydrogen-bond acceptors (Lipinski definition) is 7. The van der Waals surface area contributed by atoms with Crippen LogP contribution in [0.1, 0.15) is 18.4 Å². The minimum absolute atomic E-state index is 0.0548. The third-order valence-electron chi connectivity index (χ3n) is 4.40. The van der Waals surface area contributed by atoms with Crippen molar-refractivity contribution in [3.63, 3.8) is 0 Å². The van der Waals surface area contributed by atoms with Gasteiger partial charge in [0.1, 0.15) is 11.4 Å². The van der Waals surface area contributed by atoms with Gasteiger partial charge in [0.25, 0.3) is 0 Å². The van der Waals surface area contributed by atoms with E-state index in [1.165, 1.54) is 18.1 Å². The van der Waals surface area contributed by atoms with Crippen LogP contribution in [0.4, 0.5) is 0 Å². The van der Waals surface area contributed by atoms with Gasteiger partial charge >= 0.3 is 0 Å². The maximum Gasteiger partial charge on any atom is 0.230 e. The Morgan fingerprint density at radius 2 is 2.18 bits per heavy atom.